The topological polar surface area (TPSA) is 32.7 Å². The molecule has 0 amide bonds. The molecule has 0 N–H and O–H groups in total. The van der Waals surface area contributed by atoms with Crippen molar-refractivity contribution in [3.63, 3.8) is 0 Å². The van der Waals surface area contributed by atoms with Crippen LogP contribution in [0.25, 0.3) is 0 Å². The number of likely N-dealkylation sites (tertiary alicyclic amines) is 1. The maximum atomic E-state index is 12.4. The van der Waals surface area contributed by atoms with Crippen molar-refractivity contribution in [1.29, 1.82) is 0 Å². The van der Waals surface area contributed by atoms with E-state index in [1.54, 1.807) is 0 Å². The zero-order chi connectivity index (χ0) is 14.4. The number of hydrogen-bond acceptors (Lipinski definition) is 3. The standard InChI is InChI=1S/C16H21ClN2O/c1-18-9-8-16(20)15(12-19-10-2-3-11-19)13-4-6-14(17)7-5-13/h4-7,15H,1-3,8-12H2. The van der Waals surface area contributed by atoms with Crippen LogP contribution in [0.1, 0.15) is 30.7 Å². The minimum absolute atomic E-state index is 0.0767. The van der Waals surface area contributed by atoms with Gasteiger partial charge in [0.15, 0.2) is 0 Å². The number of ketones is 1. The van der Waals surface area contributed by atoms with Crippen LogP contribution in [-0.2, 0) is 4.79 Å². The maximum absolute atomic E-state index is 12.4. The molecular formula is C16H21ClN2O. The number of halogens is 1. The summed E-state index contributed by atoms with van der Waals surface area (Å²) in [4.78, 5) is 18.6. The van der Waals surface area contributed by atoms with Crippen molar-refractivity contribution in [1.82, 2.24) is 4.90 Å². The Morgan fingerprint density at radius 2 is 1.95 bits per heavy atom. The van der Waals surface area contributed by atoms with Gasteiger partial charge < -0.3 is 9.89 Å². The molecule has 3 nitrogen and oxygen atoms in total. The summed E-state index contributed by atoms with van der Waals surface area (Å²) in [6, 6.07) is 7.63. The summed E-state index contributed by atoms with van der Waals surface area (Å²) in [5.41, 5.74) is 1.05. The van der Waals surface area contributed by atoms with Gasteiger partial charge in [-0.1, -0.05) is 23.7 Å². The molecule has 0 bridgehead atoms. The number of carbonyl (C=O) groups is 1. The summed E-state index contributed by atoms with van der Waals surface area (Å²) in [5, 5.41) is 0.703. The second-order valence-corrected chi connectivity index (χ2v) is 5.71. The molecule has 0 spiro atoms. The van der Waals surface area contributed by atoms with E-state index in [0.717, 1.165) is 25.2 Å². The van der Waals surface area contributed by atoms with E-state index in [4.69, 9.17) is 11.6 Å². The van der Waals surface area contributed by atoms with E-state index in [2.05, 4.69) is 16.6 Å². The highest BCUT2D eigenvalue weighted by Crippen LogP contribution is 2.23. The van der Waals surface area contributed by atoms with Crippen molar-refractivity contribution in [3.05, 3.63) is 34.9 Å². The molecule has 1 atom stereocenters. The third-order valence-electron chi connectivity index (χ3n) is 3.82. The van der Waals surface area contributed by atoms with Crippen molar-refractivity contribution in [3.8, 4) is 0 Å². The molecule has 2 rings (SSSR count). The summed E-state index contributed by atoms with van der Waals surface area (Å²) in [5.74, 6) is 0.165. The quantitative estimate of drug-likeness (QED) is 0.723. The lowest BCUT2D eigenvalue weighted by Crippen LogP contribution is -2.30. The number of hydrogen-bond donors (Lipinski definition) is 0. The van der Waals surface area contributed by atoms with Crippen molar-refractivity contribution in [2.45, 2.75) is 25.2 Å². The van der Waals surface area contributed by atoms with Crippen LogP contribution in [0.2, 0.25) is 5.02 Å². The lowest BCUT2D eigenvalue weighted by Gasteiger charge is -2.23. The highest BCUT2D eigenvalue weighted by Gasteiger charge is 2.24. The van der Waals surface area contributed by atoms with E-state index in [0.29, 0.717) is 18.0 Å². The van der Waals surface area contributed by atoms with Crippen LogP contribution in [-0.4, -0.2) is 43.6 Å². The summed E-state index contributed by atoms with van der Waals surface area (Å²) < 4.78 is 0. The van der Waals surface area contributed by atoms with Crippen molar-refractivity contribution < 1.29 is 4.79 Å². The summed E-state index contributed by atoms with van der Waals surface area (Å²) in [7, 11) is 0. The lowest BCUT2D eigenvalue weighted by atomic mass is 9.92. The highest BCUT2D eigenvalue weighted by atomic mass is 35.5. The summed E-state index contributed by atoms with van der Waals surface area (Å²) in [6.45, 7) is 6.94. The van der Waals surface area contributed by atoms with Crippen molar-refractivity contribution in [2.75, 3.05) is 26.2 Å². The maximum Gasteiger partial charge on any atom is 0.143 e. The minimum atomic E-state index is -0.0767. The van der Waals surface area contributed by atoms with E-state index < -0.39 is 0 Å². The van der Waals surface area contributed by atoms with Crippen LogP contribution in [0.15, 0.2) is 29.3 Å². The predicted octanol–water partition coefficient (Wildman–Crippen LogP) is 3.18. The number of carbonyl (C=O) groups excluding carboxylic acids is 1. The second-order valence-electron chi connectivity index (χ2n) is 5.28. The molecule has 0 saturated carbocycles. The van der Waals surface area contributed by atoms with Crippen LogP contribution in [0.3, 0.4) is 0 Å². The monoisotopic (exact) mass is 292 g/mol. The van der Waals surface area contributed by atoms with E-state index >= 15 is 0 Å². The van der Waals surface area contributed by atoms with E-state index in [9.17, 15) is 4.79 Å². The summed E-state index contributed by atoms with van der Waals surface area (Å²) in [6.07, 6.45) is 2.93. The number of aliphatic imine (C=N–C) groups is 1. The number of nitrogens with zero attached hydrogens (tertiary/aromatic N) is 2. The van der Waals surface area contributed by atoms with Crippen LogP contribution < -0.4 is 0 Å². The number of Topliss-reactive ketones (excluding diaryl/α,β-unsaturated/α-hetero) is 1. The molecule has 1 aliphatic heterocycles. The molecule has 0 aromatic heterocycles. The molecule has 108 valence electrons. The molecule has 1 aliphatic rings. The highest BCUT2D eigenvalue weighted by molar-refractivity contribution is 6.30. The average molecular weight is 293 g/mol. The lowest BCUT2D eigenvalue weighted by molar-refractivity contribution is -0.120. The van der Waals surface area contributed by atoms with E-state index in [1.165, 1.54) is 12.8 Å². The van der Waals surface area contributed by atoms with Gasteiger partial charge in [-0.3, -0.25) is 4.79 Å². The van der Waals surface area contributed by atoms with Gasteiger partial charge >= 0.3 is 0 Å². The van der Waals surface area contributed by atoms with E-state index in [-0.39, 0.29) is 11.7 Å². The van der Waals surface area contributed by atoms with Gasteiger partial charge in [-0.15, -0.1) is 0 Å². The zero-order valence-corrected chi connectivity index (χ0v) is 12.5. The van der Waals surface area contributed by atoms with Crippen molar-refractivity contribution >= 4 is 24.1 Å². The van der Waals surface area contributed by atoms with Gasteiger partial charge in [-0.25, -0.2) is 0 Å². The molecule has 1 aromatic rings. The van der Waals surface area contributed by atoms with Gasteiger partial charge in [0.2, 0.25) is 0 Å². The molecule has 20 heavy (non-hydrogen) atoms. The third kappa shape index (κ3) is 4.15. The normalized spacial score (nSPS) is 17.1. The molecule has 4 heteroatoms. The van der Waals surface area contributed by atoms with Gasteiger partial charge in [0.25, 0.3) is 0 Å². The van der Waals surface area contributed by atoms with Gasteiger partial charge in [0.1, 0.15) is 5.78 Å². The molecule has 1 saturated heterocycles. The molecule has 1 unspecified atom stereocenters. The fourth-order valence-electron chi connectivity index (χ4n) is 2.68. The van der Waals surface area contributed by atoms with Crippen LogP contribution >= 0.6 is 11.6 Å². The Labute approximate surface area is 125 Å². The second kappa shape index (κ2) is 7.55. The SMILES string of the molecule is C=NCCC(=O)C(CN1CCCC1)c1ccc(Cl)cc1. The number of benzene rings is 1. The van der Waals surface area contributed by atoms with Crippen molar-refractivity contribution in [2.24, 2.45) is 4.99 Å². The Hall–Kier alpha value is -1.19. The Morgan fingerprint density at radius 1 is 1.30 bits per heavy atom. The first-order chi connectivity index (χ1) is 9.70. The Bertz CT molecular complexity index is 452. The molecule has 1 fully saturated rings. The van der Waals surface area contributed by atoms with Crippen LogP contribution in [0.4, 0.5) is 0 Å². The largest absolute Gasteiger partial charge is 0.302 e. The first kappa shape index (κ1) is 15.2. The fraction of sp³-hybridized carbons (Fsp3) is 0.500. The third-order valence-corrected chi connectivity index (χ3v) is 4.07. The van der Waals surface area contributed by atoms with Crippen LogP contribution in [0.5, 0.6) is 0 Å². The fourth-order valence-corrected chi connectivity index (χ4v) is 2.80. The Balaban J connectivity index is 2.11. The van der Waals surface area contributed by atoms with Gasteiger partial charge in [-0.2, -0.15) is 0 Å². The van der Waals surface area contributed by atoms with Gasteiger partial charge in [0.05, 0.1) is 5.92 Å². The van der Waals surface area contributed by atoms with E-state index in [1.807, 2.05) is 24.3 Å². The van der Waals surface area contributed by atoms with Gasteiger partial charge in [-0.05, 0) is 50.3 Å². The minimum Gasteiger partial charge on any atom is -0.302 e. The van der Waals surface area contributed by atoms with Crippen LogP contribution in [0, 0.1) is 0 Å². The molecule has 0 radical (unpaired) electrons. The molecule has 0 aliphatic carbocycles. The first-order valence-corrected chi connectivity index (χ1v) is 7.51. The van der Waals surface area contributed by atoms with Gasteiger partial charge in [0, 0.05) is 24.5 Å². The zero-order valence-electron chi connectivity index (χ0n) is 11.7. The number of rotatable bonds is 7. The molecule has 1 heterocycles. The molecule has 1 aromatic carbocycles. The smallest absolute Gasteiger partial charge is 0.143 e. The first-order valence-electron chi connectivity index (χ1n) is 7.13. The Kier molecular flexibility index (Phi) is 5.74. The predicted molar refractivity (Wildman–Crippen MR) is 83.9 cm³/mol. The average Bonchev–Trinajstić information content (AvgIpc) is 2.96. The Morgan fingerprint density at radius 3 is 2.55 bits per heavy atom. The summed E-state index contributed by atoms with van der Waals surface area (Å²) >= 11 is 5.93. The molecular weight excluding hydrogens is 272 g/mol.